The molecular weight excluding hydrogens is 582 g/mol. The summed E-state index contributed by atoms with van der Waals surface area (Å²) in [6, 6.07) is 17.6. The van der Waals surface area contributed by atoms with Crippen LogP contribution < -0.4 is 10.2 Å². The average Bonchev–Trinajstić information content (AvgIpc) is 3.36. The van der Waals surface area contributed by atoms with E-state index >= 15 is 0 Å². The van der Waals surface area contributed by atoms with E-state index < -0.39 is 16.2 Å². The molecule has 1 aliphatic rings. The van der Waals surface area contributed by atoms with Crippen LogP contribution in [0.3, 0.4) is 0 Å². The number of carbonyl (C=O) groups is 2. The molecule has 3 aromatic rings. The van der Waals surface area contributed by atoms with Crippen LogP contribution in [0.5, 0.6) is 0 Å². The van der Waals surface area contributed by atoms with Gasteiger partial charge in [-0.2, -0.15) is 0 Å². The van der Waals surface area contributed by atoms with Crippen LogP contribution in [0.15, 0.2) is 65.1 Å². The normalized spacial score (nSPS) is 18.3. The number of hydrogen-bond acceptors (Lipinski definition) is 2. The molecule has 3 aromatic carbocycles. The van der Waals surface area contributed by atoms with Gasteiger partial charge in [-0.3, -0.25) is 9.59 Å². The highest BCUT2D eigenvalue weighted by Gasteiger charge is 2.67. The van der Waals surface area contributed by atoms with Crippen molar-refractivity contribution >= 4 is 85.5 Å². The topological polar surface area (TPSA) is 49.4 Å². The van der Waals surface area contributed by atoms with E-state index in [4.69, 9.17) is 46.4 Å². The summed E-state index contributed by atoms with van der Waals surface area (Å²) in [5.74, 6) is -1.78. The molecule has 0 heterocycles. The van der Waals surface area contributed by atoms with Crippen molar-refractivity contribution in [1.82, 2.24) is 0 Å². The summed E-state index contributed by atoms with van der Waals surface area (Å²) in [7, 11) is 1.67. The van der Waals surface area contributed by atoms with Gasteiger partial charge in [0, 0.05) is 33.8 Å². The Hall–Kier alpha value is -1.76. The molecule has 0 aromatic heterocycles. The maximum absolute atomic E-state index is 13.1. The highest BCUT2D eigenvalue weighted by Crippen LogP contribution is 2.65. The van der Waals surface area contributed by atoms with E-state index in [0.717, 1.165) is 21.3 Å². The number of carbonyl (C=O) groups excluding carboxylic acids is 2. The lowest BCUT2D eigenvalue weighted by atomic mass is 10.1. The summed E-state index contributed by atoms with van der Waals surface area (Å²) in [6.45, 7) is 1.97. The summed E-state index contributed by atoms with van der Waals surface area (Å²) in [5.41, 5.74) is 3.25. The smallest absolute Gasteiger partial charge is 0.259 e. The van der Waals surface area contributed by atoms with Crippen LogP contribution in [-0.4, -0.2) is 23.2 Å². The second kappa shape index (κ2) is 9.71. The molecule has 4 rings (SSSR count). The number of benzene rings is 3. The van der Waals surface area contributed by atoms with Crippen molar-refractivity contribution in [3.8, 4) is 0 Å². The third kappa shape index (κ3) is 5.09. The number of nitrogens with zero attached hydrogens (tertiary/aromatic N) is 1. The van der Waals surface area contributed by atoms with Crippen LogP contribution in [0.1, 0.15) is 27.4 Å². The van der Waals surface area contributed by atoms with E-state index in [1.54, 1.807) is 37.4 Å². The molecular formula is C25H19BrCl4N2O2. The van der Waals surface area contributed by atoms with Crippen molar-refractivity contribution in [2.24, 2.45) is 5.92 Å². The van der Waals surface area contributed by atoms with E-state index in [-0.39, 0.29) is 22.4 Å². The Bertz CT molecular complexity index is 1260. The molecule has 2 unspecified atom stereocenters. The SMILES string of the molecule is Cc1ccc(N(C)C(=O)c2cc(NC(=O)C3C(c4cc(Cl)cc(Br)c4)C3(Cl)Cl)ccc2Cl)cc1. The van der Waals surface area contributed by atoms with Gasteiger partial charge < -0.3 is 10.2 Å². The molecule has 34 heavy (non-hydrogen) atoms. The monoisotopic (exact) mass is 598 g/mol. The van der Waals surface area contributed by atoms with Gasteiger partial charge in [0.05, 0.1) is 16.5 Å². The van der Waals surface area contributed by atoms with Crippen molar-refractivity contribution in [3.63, 3.8) is 0 Å². The number of hydrogen-bond donors (Lipinski definition) is 1. The number of amides is 2. The lowest BCUT2D eigenvalue weighted by Gasteiger charge is -2.19. The summed E-state index contributed by atoms with van der Waals surface area (Å²) in [6.07, 6.45) is 0. The number of nitrogens with one attached hydrogen (secondary N) is 1. The molecule has 2 amide bonds. The number of aryl methyl sites for hydroxylation is 1. The minimum Gasteiger partial charge on any atom is -0.326 e. The molecule has 1 N–H and O–H groups in total. The third-order valence-corrected chi connectivity index (χ3v) is 7.72. The molecule has 1 aliphatic carbocycles. The summed E-state index contributed by atoms with van der Waals surface area (Å²) in [4.78, 5) is 27.7. The maximum atomic E-state index is 13.1. The predicted octanol–water partition coefficient (Wildman–Crippen LogP) is 7.87. The van der Waals surface area contributed by atoms with Gasteiger partial charge in [0.1, 0.15) is 4.33 Å². The van der Waals surface area contributed by atoms with Gasteiger partial charge in [-0.1, -0.05) is 56.8 Å². The van der Waals surface area contributed by atoms with Gasteiger partial charge >= 0.3 is 0 Å². The highest BCUT2D eigenvalue weighted by atomic mass is 79.9. The fourth-order valence-electron chi connectivity index (χ4n) is 3.88. The number of alkyl halides is 2. The van der Waals surface area contributed by atoms with Gasteiger partial charge in [0.25, 0.3) is 5.91 Å². The third-order valence-electron chi connectivity index (χ3n) is 5.77. The molecule has 0 spiro atoms. The van der Waals surface area contributed by atoms with Crippen molar-refractivity contribution < 1.29 is 9.59 Å². The Morgan fingerprint density at radius 3 is 2.32 bits per heavy atom. The zero-order chi connectivity index (χ0) is 24.8. The predicted molar refractivity (Wildman–Crippen MR) is 144 cm³/mol. The molecule has 0 bridgehead atoms. The largest absolute Gasteiger partial charge is 0.326 e. The van der Waals surface area contributed by atoms with Crippen LogP contribution in [0.2, 0.25) is 10.0 Å². The molecule has 1 saturated carbocycles. The number of rotatable bonds is 5. The van der Waals surface area contributed by atoms with E-state index in [9.17, 15) is 9.59 Å². The Labute approximate surface area is 226 Å². The Morgan fingerprint density at radius 1 is 1.00 bits per heavy atom. The second-order valence-corrected chi connectivity index (χ2v) is 11.4. The van der Waals surface area contributed by atoms with Crippen LogP contribution in [-0.2, 0) is 4.79 Å². The zero-order valence-electron chi connectivity index (χ0n) is 18.1. The van der Waals surface area contributed by atoms with E-state index in [1.807, 2.05) is 37.3 Å². The lowest BCUT2D eigenvalue weighted by molar-refractivity contribution is -0.117. The number of anilines is 2. The van der Waals surface area contributed by atoms with Crippen LogP contribution in [0.4, 0.5) is 11.4 Å². The van der Waals surface area contributed by atoms with Crippen molar-refractivity contribution in [2.45, 2.75) is 17.2 Å². The Balaban J connectivity index is 1.53. The Morgan fingerprint density at radius 2 is 1.68 bits per heavy atom. The van der Waals surface area contributed by atoms with Gasteiger partial charge in [-0.05, 0) is 61.0 Å². The molecule has 4 nitrogen and oxygen atoms in total. The van der Waals surface area contributed by atoms with E-state index in [0.29, 0.717) is 10.7 Å². The number of halogens is 5. The standard InChI is InChI=1S/C25H19BrCl4N2O2/c1-13-3-6-18(7-4-13)32(2)24(34)19-12-17(5-8-20(19)28)31-23(33)22-21(25(22,29)30)14-9-15(26)11-16(27)10-14/h3-12,21-22H,1-2H3,(H,31,33). The van der Waals surface area contributed by atoms with Crippen molar-refractivity contribution in [2.75, 3.05) is 17.3 Å². The highest BCUT2D eigenvalue weighted by molar-refractivity contribution is 9.10. The molecule has 0 saturated heterocycles. The fraction of sp³-hybridized carbons (Fsp3) is 0.200. The van der Waals surface area contributed by atoms with Crippen LogP contribution in [0, 0.1) is 12.8 Å². The zero-order valence-corrected chi connectivity index (χ0v) is 22.7. The minimum absolute atomic E-state index is 0.261. The summed E-state index contributed by atoms with van der Waals surface area (Å²) >= 11 is 28.8. The van der Waals surface area contributed by atoms with Gasteiger partial charge in [-0.25, -0.2) is 0 Å². The quantitative estimate of drug-likeness (QED) is 0.303. The fourth-order valence-corrected chi connectivity index (χ4v) is 5.79. The van der Waals surface area contributed by atoms with Gasteiger partial charge in [-0.15, -0.1) is 23.2 Å². The van der Waals surface area contributed by atoms with Crippen LogP contribution >= 0.6 is 62.3 Å². The molecule has 9 heteroatoms. The first-order chi connectivity index (χ1) is 16.0. The van der Waals surface area contributed by atoms with E-state index in [2.05, 4.69) is 21.2 Å². The average molecular weight is 601 g/mol. The maximum Gasteiger partial charge on any atom is 0.259 e. The van der Waals surface area contributed by atoms with Gasteiger partial charge in [0.2, 0.25) is 5.91 Å². The summed E-state index contributed by atoms with van der Waals surface area (Å²) < 4.78 is -0.506. The first-order valence-corrected chi connectivity index (χ1v) is 12.6. The van der Waals surface area contributed by atoms with E-state index in [1.165, 1.54) is 4.90 Å². The summed E-state index contributed by atoms with van der Waals surface area (Å²) in [5, 5.41) is 3.60. The van der Waals surface area contributed by atoms with Crippen molar-refractivity contribution in [1.29, 1.82) is 0 Å². The molecule has 0 aliphatic heterocycles. The Kier molecular flexibility index (Phi) is 7.24. The van der Waals surface area contributed by atoms with Crippen LogP contribution in [0.25, 0.3) is 0 Å². The minimum atomic E-state index is -1.27. The molecule has 2 atom stereocenters. The first kappa shape index (κ1) is 25.3. The molecule has 0 radical (unpaired) electrons. The lowest BCUT2D eigenvalue weighted by Crippen LogP contribution is -2.26. The second-order valence-electron chi connectivity index (χ2n) is 8.22. The van der Waals surface area contributed by atoms with Gasteiger partial charge in [0.15, 0.2) is 0 Å². The molecule has 1 fully saturated rings. The molecule has 176 valence electrons. The first-order valence-electron chi connectivity index (χ1n) is 10.3. The van der Waals surface area contributed by atoms with Crippen molar-refractivity contribution in [3.05, 3.63) is 91.9 Å².